The molecule has 1 aliphatic heterocycles. The van der Waals surface area contributed by atoms with Crippen LogP contribution in [0, 0.1) is 6.92 Å². The van der Waals surface area contributed by atoms with Gasteiger partial charge in [0.25, 0.3) is 5.91 Å². The molecule has 0 saturated carbocycles. The minimum atomic E-state index is -0.268. The lowest BCUT2D eigenvalue weighted by Crippen LogP contribution is -2.39. The van der Waals surface area contributed by atoms with Gasteiger partial charge in [-0.1, -0.05) is 18.5 Å². The molecule has 1 saturated heterocycles. The van der Waals surface area contributed by atoms with Crippen molar-refractivity contribution in [3.63, 3.8) is 0 Å². The number of anilines is 2. The number of hydrogen-bond acceptors (Lipinski definition) is 4. The molecule has 1 N–H and O–H groups in total. The first kappa shape index (κ1) is 17.7. The van der Waals surface area contributed by atoms with E-state index in [-0.39, 0.29) is 5.91 Å². The fourth-order valence-corrected chi connectivity index (χ4v) is 3.49. The van der Waals surface area contributed by atoms with E-state index in [2.05, 4.69) is 27.1 Å². The summed E-state index contributed by atoms with van der Waals surface area (Å²) in [5.74, 6) is 0.584. The van der Waals surface area contributed by atoms with Gasteiger partial charge in [-0.2, -0.15) is 0 Å². The van der Waals surface area contributed by atoms with Crippen molar-refractivity contribution in [3.8, 4) is 0 Å². The Morgan fingerprint density at radius 1 is 1.32 bits per heavy atom. The molecule has 3 rings (SSSR count). The first-order chi connectivity index (χ1) is 12.1. The fraction of sp³-hybridized carbons (Fsp3) is 0.421. The number of nitrogens with zero attached hydrogens (tertiary/aromatic N) is 3. The van der Waals surface area contributed by atoms with Gasteiger partial charge in [0.2, 0.25) is 0 Å². The largest absolute Gasteiger partial charge is 0.352 e. The van der Waals surface area contributed by atoms with E-state index < -0.39 is 0 Å². The number of halogens is 1. The van der Waals surface area contributed by atoms with Crippen LogP contribution in [0.1, 0.15) is 48.7 Å². The Bertz CT molecular complexity index is 748. The molecule has 0 bridgehead atoms. The number of carbonyl (C=O) groups excluding carboxylic acids is 1. The number of carbonyl (C=O) groups is 1. The molecule has 5 nitrogen and oxygen atoms in total. The van der Waals surface area contributed by atoms with Gasteiger partial charge >= 0.3 is 0 Å². The minimum absolute atomic E-state index is 0.268. The molecule has 1 atom stereocenters. The molecule has 1 fully saturated rings. The number of benzene rings is 1. The molecule has 132 valence electrons. The van der Waals surface area contributed by atoms with Gasteiger partial charge < -0.3 is 10.2 Å². The minimum Gasteiger partial charge on any atom is -0.352 e. The van der Waals surface area contributed by atoms with Crippen molar-refractivity contribution in [1.82, 2.24) is 9.97 Å². The van der Waals surface area contributed by atoms with Crippen LogP contribution < -0.4 is 10.2 Å². The molecule has 1 aromatic carbocycles. The van der Waals surface area contributed by atoms with Gasteiger partial charge in [0, 0.05) is 23.3 Å². The van der Waals surface area contributed by atoms with Gasteiger partial charge in [-0.3, -0.25) is 4.79 Å². The summed E-state index contributed by atoms with van der Waals surface area (Å²) in [7, 11) is 0. The highest BCUT2D eigenvalue weighted by atomic mass is 35.5. The second-order valence-electron chi connectivity index (χ2n) is 6.42. The van der Waals surface area contributed by atoms with Crippen LogP contribution in [-0.2, 0) is 0 Å². The van der Waals surface area contributed by atoms with E-state index in [1.807, 2.05) is 13.0 Å². The maximum Gasteiger partial charge on any atom is 0.275 e. The molecule has 25 heavy (non-hydrogen) atoms. The SMILES string of the molecule is CCC1CCCCN1c1cnc(C(=O)Nc2ccc(Cl)cc2C)cn1. The standard InChI is InChI=1S/C19H23ClN4O/c1-3-15-6-4-5-9-24(15)18-12-21-17(11-22-18)19(25)23-16-8-7-14(20)10-13(16)2/h7-8,10-12,15H,3-6,9H2,1-2H3,(H,23,25). The van der Waals surface area contributed by atoms with Crippen LogP contribution in [-0.4, -0.2) is 28.5 Å². The van der Waals surface area contributed by atoms with Crippen molar-refractivity contribution in [1.29, 1.82) is 0 Å². The lowest BCUT2D eigenvalue weighted by molar-refractivity contribution is 0.102. The predicted molar refractivity (Wildman–Crippen MR) is 101 cm³/mol. The predicted octanol–water partition coefficient (Wildman–Crippen LogP) is 4.46. The molecule has 0 aliphatic carbocycles. The van der Waals surface area contributed by atoms with E-state index >= 15 is 0 Å². The van der Waals surface area contributed by atoms with Crippen molar-refractivity contribution in [2.75, 3.05) is 16.8 Å². The quantitative estimate of drug-likeness (QED) is 0.876. The highest BCUT2D eigenvalue weighted by Crippen LogP contribution is 2.24. The van der Waals surface area contributed by atoms with Crippen LogP contribution in [0.5, 0.6) is 0 Å². The van der Waals surface area contributed by atoms with E-state index in [9.17, 15) is 4.79 Å². The first-order valence-corrected chi connectivity index (χ1v) is 9.12. The topological polar surface area (TPSA) is 58.1 Å². The zero-order valence-electron chi connectivity index (χ0n) is 14.6. The Morgan fingerprint density at radius 3 is 2.84 bits per heavy atom. The Balaban J connectivity index is 1.72. The van der Waals surface area contributed by atoms with Crippen LogP contribution in [0.15, 0.2) is 30.6 Å². The smallest absolute Gasteiger partial charge is 0.275 e. The third-order valence-corrected chi connectivity index (χ3v) is 4.94. The Kier molecular flexibility index (Phi) is 5.53. The third kappa shape index (κ3) is 4.10. The normalized spacial score (nSPS) is 17.4. The van der Waals surface area contributed by atoms with E-state index in [0.29, 0.717) is 16.8 Å². The molecule has 1 amide bonds. The van der Waals surface area contributed by atoms with Gasteiger partial charge in [-0.25, -0.2) is 9.97 Å². The van der Waals surface area contributed by atoms with Crippen LogP contribution in [0.25, 0.3) is 0 Å². The number of hydrogen-bond donors (Lipinski definition) is 1. The average Bonchev–Trinajstić information content (AvgIpc) is 2.64. The summed E-state index contributed by atoms with van der Waals surface area (Å²) in [6.45, 7) is 5.10. The Morgan fingerprint density at radius 2 is 2.16 bits per heavy atom. The first-order valence-electron chi connectivity index (χ1n) is 8.74. The Hall–Kier alpha value is -2.14. The molecule has 6 heteroatoms. The maximum absolute atomic E-state index is 12.4. The summed E-state index contributed by atoms with van der Waals surface area (Å²) < 4.78 is 0. The van der Waals surface area contributed by atoms with Gasteiger partial charge in [0.15, 0.2) is 0 Å². The summed E-state index contributed by atoms with van der Waals surface area (Å²) in [4.78, 5) is 23.5. The van der Waals surface area contributed by atoms with Crippen LogP contribution in [0.4, 0.5) is 11.5 Å². The van der Waals surface area contributed by atoms with E-state index in [1.165, 1.54) is 19.3 Å². The van der Waals surface area contributed by atoms with Crippen molar-refractivity contribution in [2.24, 2.45) is 0 Å². The molecular weight excluding hydrogens is 336 g/mol. The molecule has 2 heterocycles. The molecule has 0 spiro atoms. The zero-order chi connectivity index (χ0) is 17.8. The van der Waals surface area contributed by atoms with Crippen LogP contribution >= 0.6 is 11.6 Å². The van der Waals surface area contributed by atoms with E-state index in [4.69, 9.17) is 11.6 Å². The molecule has 1 unspecified atom stereocenters. The molecule has 0 radical (unpaired) electrons. The molecular formula is C19H23ClN4O. The number of nitrogens with one attached hydrogen (secondary N) is 1. The fourth-order valence-electron chi connectivity index (χ4n) is 3.27. The number of rotatable bonds is 4. The van der Waals surface area contributed by atoms with Crippen LogP contribution in [0.2, 0.25) is 5.02 Å². The lowest BCUT2D eigenvalue weighted by atomic mass is 10.0. The second kappa shape index (κ2) is 7.83. The van der Waals surface area contributed by atoms with Gasteiger partial charge in [0.05, 0.1) is 12.4 Å². The number of aromatic nitrogens is 2. The molecule has 1 aromatic heterocycles. The molecule has 1 aliphatic rings. The van der Waals surface area contributed by atoms with Gasteiger partial charge in [-0.15, -0.1) is 0 Å². The summed E-state index contributed by atoms with van der Waals surface area (Å²) in [6.07, 6.45) is 7.99. The highest BCUT2D eigenvalue weighted by molar-refractivity contribution is 6.30. The zero-order valence-corrected chi connectivity index (χ0v) is 15.4. The van der Waals surface area contributed by atoms with E-state index in [1.54, 1.807) is 24.5 Å². The molecule has 2 aromatic rings. The summed E-state index contributed by atoms with van der Waals surface area (Å²) in [6, 6.07) is 5.86. The number of piperidine rings is 1. The van der Waals surface area contributed by atoms with E-state index in [0.717, 1.165) is 30.0 Å². The van der Waals surface area contributed by atoms with Gasteiger partial charge in [0.1, 0.15) is 11.5 Å². The number of aryl methyl sites for hydroxylation is 1. The average molecular weight is 359 g/mol. The Labute approximate surface area is 153 Å². The summed E-state index contributed by atoms with van der Waals surface area (Å²) in [5, 5.41) is 3.50. The summed E-state index contributed by atoms with van der Waals surface area (Å²) >= 11 is 5.95. The van der Waals surface area contributed by atoms with Crippen molar-refractivity contribution in [3.05, 3.63) is 46.9 Å². The second-order valence-corrected chi connectivity index (χ2v) is 6.86. The monoisotopic (exact) mass is 358 g/mol. The van der Waals surface area contributed by atoms with Crippen molar-refractivity contribution < 1.29 is 4.79 Å². The van der Waals surface area contributed by atoms with Crippen molar-refractivity contribution >= 4 is 29.0 Å². The maximum atomic E-state index is 12.4. The summed E-state index contributed by atoms with van der Waals surface area (Å²) in [5.41, 5.74) is 1.94. The highest BCUT2D eigenvalue weighted by Gasteiger charge is 2.22. The van der Waals surface area contributed by atoms with Crippen molar-refractivity contribution in [2.45, 2.75) is 45.6 Å². The third-order valence-electron chi connectivity index (χ3n) is 4.70. The number of amides is 1. The van der Waals surface area contributed by atoms with Crippen LogP contribution in [0.3, 0.4) is 0 Å². The lowest BCUT2D eigenvalue weighted by Gasteiger charge is -2.35. The van der Waals surface area contributed by atoms with Gasteiger partial charge in [-0.05, 0) is 56.4 Å².